The van der Waals surface area contributed by atoms with Gasteiger partial charge in [0.2, 0.25) is 0 Å². The maximum absolute atomic E-state index is 12.9. The number of hydrogen-bond acceptors (Lipinski definition) is 2. The Balaban J connectivity index is 1.91. The maximum Gasteiger partial charge on any atom is 0.123 e. The highest BCUT2D eigenvalue weighted by Crippen LogP contribution is 2.18. The zero-order valence-electron chi connectivity index (χ0n) is 11.1. The van der Waals surface area contributed by atoms with Gasteiger partial charge in [0.25, 0.3) is 0 Å². The number of nitrogens with zero attached hydrogens (tertiary/aromatic N) is 3. The van der Waals surface area contributed by atoms with E-state index in [2.05, 4.69) is 29.4 Å². The first-order valence-electron chi connectivity index (χ1n) is 6.54. The molecule has 1 heterocycles. The van der Waals surface area contributed by atoms with Crippen molar-refractivity contribution in [3.8, 4) is 16.9 Å². The van der Waals surface area contributed by atoms with E-state index in [0.717, 1.165) is 23.4 Å². The SMILES string of the molecule is CCc1ccc(-c2cn(-c3ccc(F)cc3)nn2)cc1. The summed E-state index contributed by atoms with van der Waals surface area (Å²) < 4.78 is 14.5. The molecular weight excluding hydrogens is 253 g/mol. The van der Waals surface area contributed by atoms with E-state index in [1.54, 1.807) is 16.8 Å². The van der Waals surface area contributed by atoms with Gasteiger partial charge < -0.3 is 0 Å². The van der Waals surface area contributed by atoms with Gasteiger partial charge in [-0.25, -0.2) is 9.07 Å². The van der Waals surface area contributed by atoms with Crippen molar-refractivity contribution < 1.29 is 4.39 Å². The van der Waals surface area contributed by atoms with Crippen molar-refractivity contribution in [1.82, 2.24) is 15.0 Å². The fourth-order valence-electron chi connectivity index (χ4n) is 2.03. The average Bonchev–Trinajstić information content (AvgIpc) is 2.98. The van der Waals surface area contributed by atoms with Crippen molar-refractivity contribution >= 4 is 0 Å². The Bertz CT molecular complexity index is 699. The minimum Gasteiger partial charge on any atom is -0.220 e. The Kier molecular flexibility index (Phi) is 3.29. The van der Waals surface area contributed by atoms with Gasteiger partial charge in [-0.2, -0.15) is 0 Å². The first kappa shape index (κ1) is 12.5. The average molecular weight is 267 g/mol. The van der Waals surface area contributed by atoms with E-state index >= 15 is 0 Å². The molecule has 0 saturated heterocycles. The van der Waals surface area contributed by atoms with E-state index in [1.165, 1.54) is 17.7 Å². The van der Waals surface area contributed by atoms with Crippen LogP contribution in [0.2, 0.25) is 0 Å². The molecule has 0 amide bonds. The lowest BCUT2D eigenvalue weighted by Crippen LogP contribution is -1.94. The largest absolute Gasteiger partial charge is 0.220 e. The van der Waals surface area contributed by atoms with Crippen molar-refractivity contribution in [3.63, 3.8) is 0 Å². The van der Waals surface area contributed by atoms with Gasteiger partial charge in [-0.1, -0.05) is 36.4 Å². The van der Waals surface area contributed by atoms with Gasteiger partial charge in [0.1, 0.15) is 11.5 Å². The third-order valence-electron chi connectivity index (χ3n) is 3.24. The highest BCUT2D eigenvalue weighted by molar-refractivity contribution is 5.58. The number of benzene rings is 2. The summed E-state index contributed by atoms with van der Waals surface area (Å²) in [6.07, 6.45) is 2.86. The first-order valence-corrected chi connectivity index (χ1v) is 6.54. The molecule has 0 fully saturated rings. The molecule has 3 rings (SSSR count). The summed E-state index contributed by atoms with van der Waals surface area (Å²) in [5.74, 6) is -0.260. The normalized spacial score (nSPS) is 10.7. The molecule has 0 radical (unpaired) electrons. The predicted octanol–water partition coefficient (Wildman–Crippen LogP) is 3.64. The number of hydrogen-bond donors (Lipinski definition) is 0. The van der Waals surface area contributed by atoms with Crippen LogP contribution in [0.1, 0.15) is 12.5 Å². The molecule has 0 atom stereocenters. The lowest BCUT2D eigenvalue weighted by Gasteiger charge is -1.99. The molecule has 1 aromatic heterocycles. The van der Waals surface area contributed by atoms with E-state index in [1.807, 2.05) is 18.3 Å². The fraction of sp³-hybridized carbons (Fsp3) is 0.125. The van der Waals surface area contributed by atoms with Crippen LogP contribution in [0.15, 0.2) is 54.7 Å². The zero-order valence-corrected chi connectivity index (χ0v) is 11.1. The van der Waals surface area contributed by atoms with Gasteiger partial charge in [-0.05, 0) is 36.2 Å². The second-order valence-corrected chi connectivity index (χ2v) is 4.58. The van der Waals surface area contributed by atoms with Crippen LogP contribution < -0.4 is 0 Å². The summed E-state index contributed by atoms with van der Waals surface area (Å²) in [6.45, 7) is 2.12. The van der Waals surface area contributed by atoms with E-state index in [4.69, 9.17) is 0 Å². The van der Waals surface area contributed by atoms with E-state index in [9.17, 15) is 4.39 Å². The van der Waals surface area contributed by atoms with Crippen LogP contribution in [0.3, 0.4) is 0 Å². The second-order valence-electron chi connectivity index (χ2n) is 4.58. The Labute approximate surface area is 116 Å². The van der Waals surface area contributed by atoms with Gasteiger partial charge in [-0.3, -0.25) is 0 Å². The second kappa shape index (κ2) is 5.25. The molecule has 0 spiro atoms. The van der Waals surface area contributed by atoms with Crippen molar-refractivity contribution in [2.24, 2.45) is 0 Å². The molecule has 0 bridgehead atoms. The van der Waals surface area contributed by atoms with Crippen molar-refractivity contribution in [2.45, 2.75) is 13.3 Å². The van der Waals surface area contributed by atoms with E-state index in [-0.39, 0.29) is 5.82 Å². The number of aromatic nitrogens is 3. The van der Waals surface area contributed by atoms with Crippen LogP contribution >= 0.6 is 0 Å². The molecule has 3 nitrogen and oxygen atoms in total. The molecule has 3 aromatic rings. The lowest BCUT2D eigenvalue weighted by atomic mass is 10.1. The molecule has 2 aromatic carbocycles. The minimum absolute atomic E-state index is 0.260. The Morgan fingerprint density at radius 1 is 1.00 bits per heavy atom. The van der Waals surface area contributed by atoms with Crippen molar-refractivity contribution in [2.75, 3.05) is 0 Å². The number of rotatable bonds is 3. The summed E-state index contributed by atoms with van der Waals surface area (Å²) in [5.41, 5.74) is 3.91. The van der Waals surface area contributed by atoms with Crippen LogP contribution in [0, 0.1) is 5.82 Å². The summed E-state index contributed by atoms with van der Waals surface area (Å²) >= 11 is 0. The first-order chi connectivity index (χ1) is 9.76. The molecule has 0 saturated carbocycles. The summed E-state index contributed by atoms with van der Waals surface area (Å²) in [7, 11) is 0. The van der Waals surface area contributed by atoms with Crippen molar-refractivity contribution in [3.05, 3.63) is 66.1 Å². The standard InChI is InChI=1S/C16H14FN3/c1-2-12-3-5-13(6-4-12)16-11-20(19-18-16)15-9-7-14(17)8-10-15/h3-11H,2H2,1H3. The number of aryl methyl sites for hydroxylation is 1. The smallest absolute Gasteiger partial charge is 0.123 e. The van der Waals surface area contributed by atoms with Crippen LogP contribution in [0.5, 0.6) is 0 Å². The summed E-state index contributed by atoms with van der Waals surface area (Å²) in [6, 6.07) is 14.4. The highest BCUT2D eigenvalue weighted by atomic mass is 19.1. The third kappa shape index (κ3) is 2.45. The molecule has 0 aliphatic rings. The van der Waals surface area contributed by atoms with Crippen LogP contribution in [0.4, 0.5) is 4.39 Å². The third-order valence-corrected chi connectivity index (χ3v) is 3.24. The molecule has 0 aliphatic heterocycles. The van der Waals surface area contributed by atoms with Crippen molar-refractivity contribution in [1.29, 1.82) is 0 Å². The molecule has 20 heavy (non-hydrogen) atoms. The molecule has 0 N–H and O–H groups in total. The van der Waals surface area contributed by atoms with Gasteiger partial charge in [0.05, 0.1) is 11.9 Å². The van der Waals surface area contributed by atoms with Gasteiger partial charge in [0, 0.05) is 5.56 Å². The molecular formula is C16H14FN3. The van der Waals surface area contributed by atoms with Gasteiger partial charge in [0.15, 0.2) is 0 Å². The maximum atomic E-state index is 12.9. The molecule has 100 valence electrons. The monoisotopic (exact) mass is 267 g/mol. The topological polar surface area (TPSA) is 30.7 Å². The van der Waals surface area contributed by atoms with Crippen LogP contribution in [-0.4, -0.2) is 15.0 Å². The number of halogens is 1. The zero-order chi connectivity index (χ0) is 13.9. The molecule has 4 heteroatoms. The predicted molar refractivity (Wildman–Crippen MR) is 76.1 cm³/mol. The van der Waals surface area contributed by atoms with Crippen LogP contribution in [-0.2, 0) is 6.42 Å². The summed E-state index contributed by atoms with van der Waals surface area (Å²) in [5, 5.41) is 8.24. The van der Waals surface area contributed by atoms with E-state index < -0.39 is 0 Å². The van der Waals surface area contributed by atoms with Gasteiger partial charge in [-0.15, -0.1) is 5.10 Å². The van der Waals surface area contributed by atoms with Gasteiger partial charge >= 0.3 is 0 Å². The molecule has 0 unspecified atom stereocenters. The molecule has 0 aliphatic carbocycles. The minimum atomic E-state index is -0.260. The Morgan fingerprint density at radius 2 is 1.70 bits per heavy atom. The Hall–Kier alpha value is -2.49. The lowest BCUT2D eigenvalue weighted by molar-refractivity contribution is 0.626. The summed E-state index contributed by atoms with van der Waals surface area (Å²) in [4.78, 5) is 0. The highest BCUT2D eigenvalue weighted by Gasteiger charge is 2.05. The Morgan fingerprint density at radius 3 is 2.35 bits per heavy atom. The van der Waals surface area contributed by atoms with Crippen LogP contribution in [0.25, 0.3) is 16.9 Å². The fourth-order valence-corrected chi connectivity index (χ4v) is 2.03. The quantitative estimate of drug-likeness (QED) is 0.725. The van der Waals surface area contributed by atoms with E-state index in [0.29, 0.717) is 0 Å².